The Bertz CT molecular complexity index is 960. The third-order valence-electron chi connectivity index (χ3n) is 5.38. The van der Waals surface area contributed by atoms with Gasteiger partial charge in [0.25, 0.3) is 5.56 Å². The fourth-order valence-electron chi connectivity index (χ4n) is 3.95. The van der Waals surface area contributed by atoms with E-state index < -0.39 is 0 Å². The Hall–Kier alpha value is -2.77. The van der Waals surface area contributed by atoms with E-state index in [0.717, 1.165) is 12.0 Å². The van der Waals surface area contributed by atoms with Gasteiger partial charge in [0.1, 0.15) is 0 Å². The van der Waals surface area contributed by atoms with Gasteiger partial charge in [-0.25, -0.2) is 4.98 Å². The zero-order valence-corrected chi connectivity index (χ0v) is 15.3. The van der Waals surface area contributed by atoms with E-state index in [0.29, 0.717) is 67.9 Å². The zero-order valence-electron chi connectivity index (χ0n) is 15.3. The first-order valence-electron chi connectivity index (χ1n) is 9.45. The Morgan fingerprint density at radius 2 is 2.07 bits per heavy atom. The van der Waals surface area contributed by atoms with Crippen LogP contribution in [0.15, 0.2) is 11.0 Å². The number of piperidine rings is 1. The lowest BCUT2D eigenvalue weighted by Gasteiger charge is -2.31. The van der Waals surface area contributed by atoms with Crippen molar-refractivity contribution in [2.45, 2.75) is 39.0 Å². The number of aromatic nitrogens is 3. The smallest absolute Gasteiger partial charge is 0.309 e. The van der Waals surface area contributed by atoms with Crippen LogP contribution in [0.1, 0.15) is 48.5 Å². The second-order valence-electron chi connectivity index (χ2n) is 7.03. The molecule has 27 heavy (non-hydrogen) atoms. The molecule has 8 heteroatoms. The summed E-state index contributed by atoms with van der Waals surface area (Å²) in [7, 11) is 0. The molecular weight excluding hydrogens is 348 g/mol. The number of carbonyl (C=O) groups excluding carboxylic acids is 2. The third kappa shape index (κ3) is 3.20. The molecule has 1 N–H and O–H groups in total. The summed E-state index contributed by atoms with van der Waals surface area (Å²) >= 11 is 0. The summed E-state index contributed by atoms with van der Waals surface area (Å²) in [6.07, 6.45) is 4.80. The molecular formula is C19H22N4O4. The molecule has 0 atom stereocenters. The molecule has 0 spiro atoms. The monoisotopic (exact) mass is 370 g/mol. The number of esters is 1. The maximum atomic E-state index is 12.7. The van der Waals surface area contributed by atoms with Crippen molar-refractivity contribution in [2.75, 3.05) is 24.6 Å². The van der Waals surface area contributed by atoms with E-state index in [2.05, 4.69) is 15.0 Å². The molecule has 142 valence electrons. The minimum Gasteiger partial charge on any atom is -0.466 e. The fraction of sp³-hybridized carbons (Fsp3) is 0.526. The van der Waals surface area contributed by atoms with Crippen molar-refractivity contribution in [3.63, 3.8) is 0 Å². The number of anilines is 1. The summed E-state index contributed by atoms with van der Waals surface area (Å²) in [6, 6.07) is 0. The van der Waals surface area contributed by atoms with Gasteiger partial charge in [-0.15, -0.1) is 0 Å². The molecule has 0 radical (unpaired) electrons. The summed E-state index contributed by atoms with van der Waals surface area (Å²) in [6.45, 7) is 3.41. The number of ketones is 1. The Morgan fingerprint density at radius 1 is 1.30 bits per heavy atom. The molecule has 2 aromatic rings. The predicted molar refractivity (Wildman–Crippen MR) is 99.0 cm³/mol. The molecule has 0 unspecified atom stereocenters. The number of H-pyrrole nitrogens is 1. The van der Waals surface area contributed by atoms with Crippen molar-refractivity contribution in [1.82, 2.24) is 15.0 Å². The number of Topliss-reactive ketones (excluding diaryl/α,β-unsaturated/α-hetero) is 1. The van der Waals surface area contributed by atoms with E-state index in [1.807, 2.05) is 4.90 Å². The van der Waals surface area contributed by atoms with Crippen molar-refractivity contribution < 1.29 is 14.3 Å². The Labute approximate surface area is 155 Å². The van der Waals surface area contributed by atoms with Gasteiger partial charge in [-0.1, -0.05) is 0 Å². The second kappa shape index (κ2) is 7.09. The number of carbonyl (C=O) groups is 2. The first-order valence-corrected chi connectivity index (χ1v) is 9.45. The normalized spacial score (nSPS) is 17.8. The number of pyridine rings is 1. The van der Waals surface area contributed by atoms with Crippen LogP contribution in [0.3, 0.4) is 0 Å². The van der Waals surface area contributed by atoms with Crippen molar-refractivity contribution in [1.29, 1.82) is 0 Å². The van der Waals surface area contributed by atoms with Crippen LogP contribution < -0.4 is 10.5 Å². The summed E-state index contributed by atoms with van der Waals surface area (Å²) in [4.78, 5) is 50.3. The van der Waals surface area contributed by atoms with Crippen molar-refractivity contribution in [3.8, 4) is 0 Å². The van der Waals surface area contributed by atoms with Crippen LogP contribution >= 0.6 is 0 Å². The predicted octanol–water partition coefficient (Wildman–Crippen LogP) is 1.62. The maximum Gasteiger partial charge on any atom is 0.309 e. The van der Waals surface area contributed by atoms with E-state index in [9.17, 15) is 14.4 Å². The summed E-state index contributed by atoms with van der Waals surface area (Å²) in [5.41, 5.74) is 1.41. The Kier molecular flexibility index (Phi) is 4.63. The Morgan fingerprint density at radius 3 is 2.81 bits per heavy atom. The molecule has 1 aliphatic carbocycles. The van der Waals surface area contributed by atoms with Crippen molar-refractivity contribution in [2.24, 2.45) is 5.92 Å². The maximum absolute atomic E-state index is 12.7. The molecule has 1 fully saturated rings. The summed E-state index contributed by atoms with van der Waals surface area (Å²) < 4.78 is 5.09. The van der Waals surface area contributed by atoms with E-state index in [4.69, 9.17) is 4.74 Å². The lowest BCUT2D eigenvalue weighted by Crippen LogP contribution is -2.38. The highest BCUT2D eigenvalue weighted by atomic mass is 16.5. The lowest BCUT2D eigenvalue weighted by atomic mass is 9.90. The van der Waals surface area contributed by atoms with Gasteiger partial charge in [-0.3, -0.25) is 19.4 Å². The highest BCUT2D eigenvalue weighted by Crippen LogP contribution is 2.26. The molecule has 4 rings (SSSR count). The fourth-order valence-corrected chi connectivity index (χ4v) is 3.95. The number of aromatic amines is 1. The first-order chi connectivity index (χ1) is 13.1. The van der Waals surface area contributed by atoms with Crippen molar-refractivity contribution in [3.05, 3.63) is 27.7 Å². The number of ether oxygens (including phenoxy) is 1. The molecule has 3 heterocycles. The number of nitrogens with zero attached hydrogens (tertiary/aromatic N) is 3. The number of rotatable bonds is 3. The van der Waals surface area contributed by atoms with Crippen LogP contribution in [0, 0.1) is 5.92 Å². The van der Waals surface area contributed by atoms with E-state index in [1.54, 1.807) is 13.1 Å². The molecule has 2 aromatic heterocycles. The van der Waals surface area contributed by atoms with Crippen LogP contribution in [-0.4, -0.2) is 46.4 Å². The summed E-state index contributed by atoms with van der Waals surface area (Å²) in [5, 5.41) is 0.422. The van der Waals surface area contributed by atoms with Gasteiger partial charge in [0.15, 0.2) is 11.4 Å². The van der Waals surface area contributed by atoms with Gasteiger partial charge in [0.2, 0.25) is 5.95 Å². The highest BCUT2D eigenvalue weighted by molar-refractivity contribution is 6.01. The second-order valence-corrected chi connectivity index (χ2v) is 7.03. The average molecular weight is 370 g/mol. The van der Waals surface area contributed by atoms with Gasteiger partial charge >= 0.3 is 5.97 Å². The highest BCUT2D eigenvalue weighted by Gasteiger charge is 2.28. The van der Waals surface area contributed by atoms with Crippen LogP contribution in [-0.2, 0) is 16.0 Å². The topological polar surface area (TPSA) is 105 Å². The number of fused-ring (bicyclic) bond motifs is 3. The van der Waals surface area contributed by atoms with Crippen LogP contribution in [0.5, 0.6) is 0 Å². The number of hydrogen-bond donors (Lipinski definition) is 1. The molecule has 1 aliphatic heterocycles. The van der Waals surface area contributed by atoms with E-state index >= 15 is 0 Å². The van der Waals surface area contributed by atoms with Gasteiger partial charge in [0, 0.05) is 31.3 Å². The van der Waals surface area contributed by atoms with Crippen LogP contribution in [0.25, 0.3) is 11.0 Å². The summed E-state index contributed by atoms with van der Waals surface area (Å²) in [5.74, 6) is 0.235. The number of hydrogen-bond acceptors (Lipinski definition) is 7. The lowest BCUT2D eigenvalue weighted by molar-refractivity contribution is -0.148. The van der Waals surface area contributed by atoms with Gasteiger partial charge in [-0.2, -0.15) is 4.98 Å². The van der Waals surface area contributed by atoms with Crippen molar-refractivity contribution >= 4 is 28.7 Å². The molecule has 0 bridgehead atoms. The van der Waals surface area contributed by atoms with E-state index in [-0.39, 0.29) is 23.2 Å². The van der Waals surface area contributed by atoms with E-state index in [1.165, 1.54) is 0 Å². The van der Waals surface area contributed by atoms with Crippen LogP contribution in [0.2, 0.25) is 0 Å². The number of nitrogens with one attached hydrogen (secondary N) is 1. The first kappa shape index (κ1) is 17.6. The third-order valence-corrected chi connectivity index (χ3v) is 5.38. The molecule has 1 saturated heterocycles. The minimum absolute atomic E-state index is 0.0372. The van der Waals surface area contributed by atoms with Gasteiger partial charge in [-0.05, 0) is 38.2 Å². The van der Waals surface area contributed by atoms with Gasteiger partial charge in [0.05, 0.1) is 17.9 Å². The molecule has 0 saturated carbocycles. The Balaban J connectivity index is 1.61. The molecule has 0 aromatic carbocycles. The van der Waals surface area contributed by atoms with Gasteiger partial charge < -0.3 is 9.64 Å². The zero-order chi connectivity index (χ0) is 19.0. The molecule has 2 aliphatic rings. The SMILES string of the molecule is CCOC(=O)C1CCN(c2nc3ncc4c(c3c(=O)[nH]2)CCCC4=O)CC1. The average Bonchev–Trinajstić information content (AvgIpc) is 2.68. The standard InChI is InChI=1S/C19H22N4O4/c1-2-27-18(26)11-6-8-23(9-7-11)19-21-16-15(17(25)22-19)12-4-3-5-14(24)13(12)10-20-16/h10-11H,2-9H2,1H3,(H,20,21,22,25). The molecule has 8 nitrogen and oxygen atoms in total. The number of aryl methyl sites for hydroxylation is 1. The molecule has 0 amide bonds. The largest absolute Gasteiger partial charge is 0.466 e. The van der Waals surface area contributed by atoms with Crippen LogP contribution in [0.4, 0.5) is 5.95 Å². The minimum atomic E-state index is -0.262. The quantitative estimate of drug-likeness (QED) is 0.818.